The van der Waals surface area contributed by atoms with Crippen LogP contribution in [-0.2, 0) is 0 Å². The van der Waals surface area contributed by atoms with E-state index in [4.69, 9.17) is 5.26 Å². The van der Waals surface area contributed by atoms with Crippen molar-refractivity contribution in [2.45, 2.75) is 45.6 Å². The van der Waals surface area contributed by atoms with E-state index in [0.717, 1.165) is 0 Å². The van der Waals surface area contributed by atoms with Gasteiger partial charge >= 0.3 is 0 Å². The second kappa shape index (κ2) is 10.7. The highest BCUT2D eigenvalue weighted by Crippen LogP contribution is 2.03. The molecule has 2 nitrogen and oxygen atoms in total. The molecule has 0 aromatic rings. The molecule has 0 aliphatic heterocycles. The molecule has 0 aromatic heterocycles. The monoisotopic (exact) mass is 190 g/mol. The first-order valence-electron chi connectivity index (χ1n) is 4.45. The van der Waals surface area contributed by atoms with Crippen molar-refractivity contribution in [1.29, 1.82) is 5.26 Å². The molecule has 0 aliphatic rings. The highest BCUT2D eigenvalue weighted by Gasteiger charge is 2.03. The molecule has 0 atom stereocenters. The quantitative estimate of drug-likeness (QED) is 0.654. The molecule has 72 valence electrons. The lowest BCUT2D eigenvalue weighted by Gasteiger charge is -2.14. The molecule has 0 radical (unpaired) electrons. The van der Waals surface area contributed by atoms with Gasteiger partial charge < -0.3 is 5.32 Å². The molecule has 0 unspecified atom stereocenters. The maximum Gasteiger partial charge on any atom is 0.0843 e. The summed E-state index contributed by atoms with van der Waals surface area (Å²) in [7, 11) is 0. The Balaban J connectivity index is 0. The maximum atomic E-state index is 8.34. The van der Waals surface area contributed by atoms with Crippen molar-refractivity contribution in [2.24, 2.45) is 0 Å². The summed E-state index contributed by atoms with van der Waals surface area (Å²) in [5.41, 5.74) is 0. The second-order valence-electron chi connectivity index (χ2n) is 2.81. The van der Waals surface area contributed by atoms with E-state index in [1.54, 1.807) is 0 Å². The van der Waals surface area contributed by atoms with Crippen LogP contribution in [0.5, 0.6) is 0 Å². The van der Waals surface area contributed by atoms with Crippen LogP contribution in [0.3, 0.4) is 0 Å². The van der Waals surface area contributed by atoms with Gasteiger partial charge in [-0.1, -0.05) is 26.7 Å². The van der Waals surface area contributed by atoms with E-state index < -0.39 is 0 Å². The van der Waals surface area contributed by atoms with E-state index in [9.17, 15) is 0 Å². The molecule has 1 N–H and O–H groups in total. The zero-order chi connectivity index (χ0) is 8.53. The van der Waals surface area contributed by atoms with Gasteiger partial charge in [-0.05, 0) is 12.8 Å². The van der Waals surface area contributed by atoms with Gasteiger partial charge in [0, 0.05) is 6.04 Å². The minimum Gasteiger partial charge on any atom is -0.302 e. The summed E-state index contributed by atoms with van der Waals surface area (Å²) in [6.45, 7) is 4.85. The molecule has 0 spiro atoms. The van der Waals surface area contributed by atoms with Crippen LogP contribution in [0.4, 0.5) is 0 Å². The van der Waals surface area contributed by atoms with Crippen molar-refractivity contribution >= 4 is 12.4 Å². The molecular formula is C9H19ClN2. The van der Waals surface area contributed by atoms with Crippen molar-refractivity contribution < 1.29 is 0 Å². The fourth-order valence-electron chi connectivity index (χ4n) is 1.24. The normalized spacial score (nSPS) is 9.17. The van der Waals surface area contributed by atoms with Crippen LogP contribution in [0, 0.1) is 11.3 Å². The summed E-state index contributed by atoms with van der Waals surface area (Å²) in [5.74, 6) is 0. The highest BCUT2D eigenvalue weighted by molar-refractivity contribution is 5.85. The molecule has 3 heteroatoms. The number of hydrogen-bond donors (Lipinski definition) is 1. The fourth-order valence-corrected chi connectivity index (χ4v) is 1.24. The Bertz CT molecular complexity index is 114. The van der Waals surface area contributed by atoms with Gasteiger partial charge in [0.25, 0.3) is 0 Å². The van der Waals surface area contributed by atoms with E-state index in [0.29, 0.717) is 12.6 Å². The van der Waals surface area contributed by atoms with Crippen LogP contribution in [0.1, 0.15) is 39.5 Å². The zero-order valence-electron chi connectivity index (χ0n) is 7.97. The molecule has 0 aliphatic carbocycles. The summed E-state index contributed by atoms with van der Waals surface area (Å²) >= 11 is 0. The van der Waals surface area contributed by atoms with Crippen LogP contribution in [0.25, 0.3) is 0 Å². The van der Waals surface area contributed by atoms with Gasteiger partial charge in [0.2, 0.25) is 0 Å². The van der Waals surface area contributed by atoms with Crippen molar-refractivity contribution in [3.8, 4) is 6.07 Å². The Morgan fingerprint density at radius 1 is 1.25 bits per heavy atom. The Kier molecular flexibility index (Phi) is 12.8. The molecule has 0 amide bonds. The van der Waals surface area contributed by atoms with E-state index in [1.807, 2.05) is 0 Å². The van der Waals surface area contributed by atoms with Crippen LogP contribution in [0.15, 0.2) is 0 Å². The van der Waals surface area contributed by atoms with Gasteiger partial charge in [0.15, 0.2) is 0 Å². The predicted molar refractivity (Wildman–Crippen MR) is 54.5 cm³/mol. The third-order valence-corrected chi connectivity index (χ3v) is 1.74. The predicted octanol–water partition coefficient (Wildman–Crippen LogP) is 2.49. The largest absolute Gasteiger partial charge is 0.302 e. The summed E-state index contributed by atoms with van der Waals surface area (Å²) in [4.78, 5) is 0. The van der Waals surface area contributed by atoms with E-state index in [2.05, 4.69) is 25.2 Å². The van der Waals surface area contributed by atoms with Crippen molar-refractivity contribution in [3.63, 3.8) is 0 Å². The number of nitriles is 1. The number of nitrogens with zero attached hydrogens (tertiary/aromatic N) is 1. The standard InChI is InChI=1S/C9H18N2.ClH/c1-3-5-9(6-4-2)11-8-7-10;/h9,11H,3-6,8H2,1-2H3;1H. The van der Waals surface area contributed by atoms with E-state index in [-0.39, 0.29) is 12.4 Å². The topological polar surface area (TPSA) is 35.8 Å². The molecular weight excluding hydrogens is 172 g/mol. The fraction of sp³-hybridized carbons (Fsp3) is 0.889. The molecule has 0 bridgehead atoms. The molecule has 0 heterocycles. The highest BCUT2D eigenvalue weighted by atomic mass is 35.5. The smallest absolute Gasteiger partial charge is 0.0843 e. The van der Waals surface area contributed by atoms with Gasteiger partial charge in [0.1, 0.15) is 0 Å². The molecule has 0 aromatic carbocycles. The van der Waals surface area contributed by atoms with Crippen LogP contribution >= 0.6 is 12.4 Å². The van der Waals surface area contributed by atoms with Crippen molar-refractivity contribution in [3.05, 3.63) is 0 Å². The Labute approximate surface area is 81.8 Å². The average molecular weight is 191 g/mol. The minimum atomic E-state index is 0. The number of hydrogen-bond acceptors (Lipinski definition) is 2. The maximum absolute atomic E-state index is 8.34. The third-order valence-electron chi connectivity index (χ3n) is 1.74. The first kappa shape index (κ1) is 14.3. The first-order chi connectivity index (χ1) is 5.35. The van der Waals surface area contributed by atoms with Gasteiger partial charge in [0.05, 0.1) is 12.6 Å². The SMILES string of the molecule is CCCC(CCC)NCC#N.Cl. The van der Waals surface area contributed by atoms with Crippen LogP contribution in [-0.4, -0.2) is 12.6 Å². The van der Waals surface area contributed by atoms with Crippen molar-refractivity contribution in [2.75, 3.05) is 6.54 Å². The lowest BCUT2D eigenvalue weighted by molar-refractivity contribution is 0.465. The van der Waals surface area contributed by atoms with Gasteiger partial charge in [-0.25, -0.2) is 0 Å². The Morgan fingerprint density at radius 3 is 2.08 bits per heavy atom. The van der Waals surface area contributed by atoms with Crippen LogP contribution < -0.4 is 5.32 Å². The number of rotatable bonds is 6. The first-order valence-corrected chi connectivity index (χ1v) is 4.45. The summed E-state index contributed by atoms with van der Waals surface area (Å²) in [6.07, 6.45) is 4.78. The van der Waals surface area contributed by atoms with Gasteiger partial charge in [-0.15, -0.1) is 12.4 Å². The molecule has 0 fully saturated rings. The van der Waals surface area contributed by atoms with Crippen LogP contribution in [0.2, 0.25) is 0 Å². The average Bonchev–Trinajstić information content (AvgIpc) is 2.01. The molecule has 12 heavy (non-hydrogen) atoms. The lowest BCUT2D eigenvalue weighted by atomic mass is 10.1. The summed E-state index contributed by atoms with van der Waals surface area (Å²) < 4.78 is 0. The lowest BCUT2D eigenvalue weighted by Crippen LogP contribution is -2.28. The molecule has 0 saturated heterocycles. The summed E-state index contributed by atoms with van der Waals surface area (Å²) in [6, 6.07) is 2.66. The second-order valence-corrected chi connectivity index (χ2v) is 2.81. The zero-order valence-corrected chi connectivity index (χ0v) is 8.78. The number of nitrogens with one attached hydrogen (secondary N) is 1. The number of halogens is 1. The third kappa shape index (κ3) is 7.84. The Morgan fingerprint density at radius 2 is 1.75 bits per heavy atom. The van der Waals surface area contributed by atoms with E-state index in [1.165, 1.54) is 25.7 Å². The minimum absolute atomic E-state index is 0. The van der Waals surface area contributed by atoms with Crippen molar-refractivity contribution in [1.82, 2.24) is 5.32 Å². The van der Waals surface area contributed by atoms with E-state index >= 15 is 0 Å². The van der Waals surface area contributed by atoms with Gasteiger partial charge in [-0.2, -0.15) is 5.26 Å². The molecule has 0 saturated carbocycles. The van der Waals surface area contributed by atoms with Gasteiger partial charge in [-0.3, -0.25) is 0 Å². The summed E-state index contributed by atoms with van der Waals surface area (Å²) in [5, 5.41) is 11.5. The molecule has 0 rings (SSSR count). The Hall–Kier alpha value is -0.260.